The first kappa shape index (κ1) is 11.8. The van der Waals surface area contributed by atoms with Gasteiger partial charge in [0.1, 0.15) is 0 Å². The van der Waals surface area contributed by atoms with Gasteiger partial charge in [-0.2, -0.15) is 0 Å². The van der Waals surface area contributed by atoms with Crippen LogP contribution in [-0.2, 0) is 11.3 Å². The number of aryl methyl sites for hydroxylation is 1. The molecule has 4 nitrogen and oxygen atoms in total. The van der Waals surface area contributed by atoms with Crippen molar-refractivity contribution in [1.82, 2.24) is 4.98 Å². The molecule has 0 bridgehead atoms. The fourth-order valence-electron chi connectivity index (χ4n) is 1.69. The highest BCUT2D eigenvalue weighted by Gasteiger charge is 2.31. The zero-order valence-electron chi connectivity index (χ0n) is 9.77. The summed E-state index contributed by atoms with van der Waals surface area (Å²) >= 11 is 1.60. The maximum atomic E-state index is 9.17. The van der Waals surface area contributed by atoms with Gasteiger partial charge in [0.2, 0.25) is 0 Å². The summed E-state index contributed by atoms with van der Waals surface area (Å²) < 4.78 is 5.12. The van der Waals surface area contributed by atoms with E-state index in [1.54, 1.807) is 18.4 Å². The molecule has 1 aromatic rings. The van der Waals surface area contributed by atoms with Crippen LogP contribution in [0.1, 0.15) is 23.4 Å². The molecule has 1 N–H and O–H groups in total. The van der Waals surface area contributed by atoms with Crippen LogP contribution < -0.4 is 4.90 Å². The molecule has 0 unspecified atom stereocenters. The van der Waals surface area contributed by atoms with Crippen molar-refractivity contribution in [3.8, 4) is 0 Å². The van der Waals surface area contributed by atoms with Gasteiger partial charge in [-0.1, -0.05) is 11.3 Å². The maximum absolute atomic E-state index is 9.17. The fraction of sp³-hybridized carbons (Fsp3) is 0.727. The molecule has 0 spiro atoms. The number of ether oxygens (including phenoxy) is 1. The van der Waals surface area contributed by atoms with Crippen LogP contribution in [0.5, 0.6) is 0 Å². The highest BCUT2D eigenvalue weighted by Crippen LogP contribution is 2.35. The van der Waals surface area contributed by atoms with Gasteiger partial charge >= 0.3 is 0 Å². The number of thiazole rings is 1. The quantitative estimate of drug-likeness (QED) is 0.822. The molecule has 0 amide bonds. The van der Waals surface area contributed by atoms with Gasteiger partial charge < -0.3 is 14.7 Å². The Labute approximate surface area is 99.9 Å². The third-order valence-corrected chi connectivity index (χ3v) is 3.97. The van der Waals surface area contributed by atoms with Crippen molar-refractivity contribution < 1.29 is 9.84 Å². The molecule has 1 aliphatic carbocycles. The molecule has 1 aromatic heterocycles. The number of aromatic nitrogens is 1. The van der Waals surface area contributed by atoms with Gasteiger partial charge in [-0.05, 0) is 19.8 Å². The van der Waals surface area contributed by atoms with Crippen LogP contribution >= 0.6 is 11.3 Å². The molecule has 0 aliphatic heterocycles. The summed E-state index contributed by atoms with van der Waals surface area (Å²) in [6.45, 7) is 3.65. The van der Waals surface area contributed by atoms with Gasteiger partial charge in [0, 0.05) is 19.7 Å². The SMILES string of the molecule is COCCN(c1nc(C)c(CO)s1)C1CC1. The summed E-state index contributed by atoms with van der Waals surface area (Å²) in [5.74, 6) is 0. The zero-order chi connectivity index (χ0) is 11.5. The van der Waals surface area contributed by atoms with Gasteiger partial charge in [-0.25, -0.2) is 4.98 Å². The van der Waals surface area contributed by atoms with Crippen molar-refractivity contribution in [2.24, 2.45) is 0 Å². The normalized spacial score (nSPS) is 15.4. The van der Waals surface area contributed by atoms with E-state index in [9.17, 15) is 5.11 Å². The maximum Gasteiger partial charge on any atom is 0.186 e. The second kappa shape index (κ2) is 5.12. The molecular formula is C11H18N2O2S. The van der Waals surface area contributed by atoms with Crippen LogP contribution in [0.4, 0.5) is 5.13 Å². The number of methoxy groups -OCH3 is 1. The third-order valence-electron chi connectivity index (χ3n) is 2.79. The molecule has 2 rings (SSSR count). The van der Waals surface area contributed by atoms with E-state index in [0.29, 0.717) is 6.04 Å². The fourth-order valence-corrected chi connectivity index (χ4v) is 2.71. The lowest BCUT2D eigenvalue weighted by atomic mass is 10.4. The lowest BCUT2D eigenvalue weighted by Crippen LogP contribution is -2.29. The largest absolute Gasteiger partial charge is 0.391 e. The molecule has 0 saturated heterocycles. The number of hydrogen-bond acceptors (Lipinski definition) is 5. The summed E-state index contributed by atoms with van der Waals surface area (Å²) in [4.78, 5) is 7.80. The Morgan fingerprint density at radius 2 is 2.31 bits per heavy atom. The van der Waals surface area contributed by atoms with Crippen molar-refractivity contribution in [3.63, 3.8) is 0 Å². The molecule has 5 heteroatoms. The summed E-state index contributed by atoms with van der Waals surface area (Å²) in [6, 6.07) is 0.632. The van der Waals surface area contributed by atoms with Crippen LogP contribution in [0.25, 0.3) is 0 Å². The van der Waals surface area contributed by atoms with Crippen molar-refractivity contribution >= 4 is 16.5 Å². The molecule has 1 heterocycles. The number of hydrogen-bond donors (Lipinski definition) is 1. The highest BCUT2D eigenvalue weighted by atomic mass is 32.1. The predicted octanol–water partition coefficient (Wildman–Crippen LogP) is 1.56. The summed E-state index contributed by atoms with van der Waals surface area (Å²) in [5.41, 5.74) is 0.950. The van der Waals surface area contributed by atoms with Gasteiger partial charge in [-0.3, -0.25) is 0 Å². The Hall–Kier alpha value is -0.650. The summed E-state index contributed by atoms with van der Waals surface area (Å²) in [5, 5.41) is 10.2. The number of anilines is 1. The Morgan fingerprint density at radius 1 is 1.56 bits per heavy atom. The van der Waals surface area contributed by atoms with Gasteiger partial charge in [0.25, 0.3) is 0 Å². The highest BCUT2D eigenvalue weighted by molar-refractivity contribution is 7.15. The first-order valence-corrected chi connectivity index (χ1v) is 6.40. The molecule has 90 valence electrons. The standard InChI is InChI=1S/C11H18N2O2S/c1-8-10(7-14)16-11(12-8)13(5-6-15-2)9-3-4-9/h9,14H,3-7H2,1-2H3. The second-order valence-electron chi connectivity index (χ2n) is 4.08. The van der Waals surface area contributed by atoms with Crippen LogP contribution in [0.15, 0.2) is 0 Å². The number of nitrogens with zero attached hydrogens (tertiary/aromatic N) is 2. The first-order chi connectivity index (χ1) is 7.76. The van der Waals surface area contributed by atoms with E-state index in [0.717, 1.165) is 28.9 Å². The predicted molar refractivity (Wildman–Crippen MR) is 65.0 cm³/mol. The Bertz CT molecular complexity index is 350. The van der Waals surface area contributed by atoms with Crippen molar-refractivity contribution in [3.05, 3.63) is 10.6 Å². The Kier molecular flexibility index (Phi) is 3.78. The third kappa shape index (κ3) is 2.53. The average molecular weight is 242 g/mol. The van der Waals surface area contributed by atoms with Crippen LogP contribution in [0.3, 0.4) is 0 Å². The topological polar surface area (TPSA) is 45.6 Å². The molecule has 0 aromatic carbocycles. The van der Waals surface area contributed by atoms with Gasteiger partial charge in [0.05, 0.1) is 23.8 Å². The Balaban J connectivity index is 2.11. The van der Waals surface area contributed by atoms with E-state index in [1.165, 1.54) is 12.8 Å². The minimum Gasteiger partial charge on any atom is -0.391 e. The lowest BCUT2D eigenvalue weighted by Gasteiger charge is -2.20. The average Bonchev–Trinajstić information content (AvgIpc) is 3.03. The first-order valence-electron chi connectivity index (χ1n) is 5.59. The van der Waals surface area contributed by atoms with Crippen LogP contribution in [-0.4, -0.2) is 36.4 Å². The smallest absolute Gasteiger partial charge is 0.186 e. The molecule has 1 saturated carbocycles. The van der Waals surface area contributed by atoms with Crippen molar-refractivity contribution in [1.29, 1.82) is 0 Å². The van der Waals surface area contributed by atoms with Crippen molar-refractivity contribution in [2.45, 2.75) is 32.4 Å². The van der Waals surface area contributed by atoms with E-state index in [1.807, 2.05) is 6.92 Å². The zero-order valence-corrected chi connectivity index (χ0v) is 10.6. The number of aliphatic hydroxyl groups excluding tert-OH is 1. The number of rotatable bonds is 6. The molecule has 0 radical (unpaired) electrons. The lowest BCUT2D eigenvalue weighted by molar-refractivity contribution is 0.205. The molecule has 0 atom stereocenters. The minimum atomic E-state index is 0.0896. The Morgan fingerprint density at radius 3 is 2.81 bits per heavy atom. The summed E-state index contributed by atoms with van der Waals surface area (Å²) in [7, 11) is 1.72. The van der Waals surface area contributed by atoms with Crippen molar-refractivity contribution in [2.75, 3.05) is 25.2 Å². The monoisotopic (exact) mass is 242 g/mol. The molecule has 16 heavy (non-hydrogen) atoms. The molecule has 1 aliphatic rings. The molecular weight excluding hydrogens is 224 g/mol. The van der Waals surface area contributed by atoms with Crippen LogP contribution in [0, 0.1) is 6.92 Å². The van der Waals surface area contributed by atoms with Gasteiger partial charge in [-0.15, -0.1) is 0 Å². The van der Waals surface area contributed by atoms with Gasteiger partial charge in [0.15, 0.2) is 5.13 Å². The minimum absolute atomic E-state index is 0.0896. The second-order valence-corrected chi connectivity index (χ2v) is 5.14. The number of aliphatic hydroxyl groups is 1. The molecule has 1 fully saturated rings. The van der Waals surface area contributed by atoms with E-state index in [-0.39, 0.29) is 6.61 Å². The summed E-state index contributed by atoms with van der Waals surface area (Å²) in [6.07, 6.45) is 2.49. The van der Waals surface area contributed by atoms with E-state index in [4.69, 9.17) is 4.74 Å². The van der Waals surface area contributed by atoms with E-state index < -0.39 is 0 Å². The van der Waals surface area contributed by atoms with E-state index in [2.05, 4.69) is 9.88 Å². The van der Waals surface area contributed by atoms with E-state index >= 15 is 0 Å². The van der Waals surface area contributed by atoms with Crippen LogP contribution in [0.2, 0.25) is 0 Å².